The Morgan fingerprint density at radius 1 is 0.351 bits per heavy atom. The highest BCUT2D eigenvalue weighted by atomic mass is 15.0. The number of benzene rings is 7. The predicted octanol–water partition coefficient (Wildman–Crippen LogP) is 12.5. The van der Waals surface area contributed by atoms with Crippen molar-refractivity contribution < 1.29 is 0 Å². The molecule has 0 atom stereocenters. The van der Waals surface area contributed by atoms with Crippen LogP contribution in [-0.4, -0.2) is 24.9 Å². The van der Waals surface area contributed by atoms with Crippen molar-refractivity contribution in [2.45, 2.75) is 6.42 Å². The highest BCUT2D eigenvalue weighted by Crippen LogP contribution is 2.43. The minimum Gasteiger partial charge on any atom is -0.256 e. The molecule has 0 bridgehead atoms. The minimum atomic E-state index is 0.597. The van der Waals surface area contributed by atoms with Crippen LogP contribution in [0.5, 0.6) is 0 Å². The molecular weight excluding hydrogens is 695 g/mol. The van der Waals surface area contributed by atoms with Gasteiger partial charge in [0.25, 0.3) is 0 Å². The van der Waals surface area contributed by atoms with E-state index in [2.05, 4.69) is 126 Å². The molecule has 0 saturated carbocycles. The van der Waals surface area contributed by atoms with Gasteiger partial charge in [-0.15, -0.1) is 0 Å². The van der Waals surface area contributed by atoms with Crippen LogP contribution in [0.25, 0.3) is 100 Å². The number of fused-ring (bicyclic) bond motifs is 6. The monoisotopic (exact) mass is 727 g/mol. The van der Waals surface area contributed by atoms with Gasteiger partial charge in [0.05, 0.1) is 11.4 Å². The molecule has 266 valence electrons. The van der Waals surface area contributed by atoms with Crippen LogP contribution < -0.4 is 0 Å². The summed E-state index contributed by atoms with van der Waals surface area (Å²) in [4.78, 5) is 25.1. The molecular formula is C52H33N5. The maximum Gasteiger partial charge on any atom is 0.164 e. The summed E-state index contributed by atoms with van der Waals surface area (Å²) in [5, 5.41) is 4.85. The van der Waals surface area contributed by atoms with E-state index >= 15 is 0 Å². The highest BCUT2D eigenvalue weighted by molar-refractivity contribution is 6.14. The second kappa shape index (κ2) is 13.6. The lowest BCUT2D eigenvalue weighted by molar-refractivity contribution is 1.07. The maximum absolute atomic E-state index is 5.27. The summed E-state index contributed by atoms with van der Waals surface area (Å²) in [5.74, 6) is 1.81. The van der Waals surface area contributed by atoms with Crippen LogP contribution >= 0.6 is 0 Å². The van der Waals surface area contributed by atoms with Crippen LogP contribution in [0.2, 0.25) is 0 Å². The van der Waals surface area contributed by atoms with E-state index in [-0.39, 0.29) is 0 Å². The first-order chi connectivity index (χ1) is 28.2. The van der Waals surface area contributed by atoms with Crippen LogP contribution in [0.1, 0.15) is 11.1 Å². The van der Waals surface area contributed by atoms with Gasteiger partial charge < -0.3 is 0 Å². The Bertz CT molecular complexity index is 3160. The van der Waals surface area contributed by atoms with Gasteiger partial charge in [0.1, 0.15) is 0 Å². The Hall–Kier alpha value is -7.63. The van der Waals surface area contributed by atoms with Crippen LogP contribution in [0.15, 0.2) is 188 Å². The summed E-state index contributed by atoms with van der Waals surface area (Å²) in [7, 11) is 0. The maximum atomic E-state index is 5.27. The van der Waals surface area contributed by atoms with Gasteiger partial charge in [-0.2, -0.15) is 0 Å². The van der Waals surface area contributed by atoms with E-state index < -0.39 is 0 Å². The Balaban J connectivity index is 1.17. The van der Waals surface area contributed by atoms with Crippen LogP contribution in [0, 0.1) is 0 Å². The Kier molecular flexibility index (Phi) is 7.81. The minimum absolute atomic E-state index is 0.597. The number of hydrogen-bond acceptors (Lipinski definition) is 5. The van der Waals surface area contributed by atoms with Crippen molar-refractivity contribution in [2.75, 3.05) is 0 Å². The molecule has 1 aliphatic rings. The van der Waals surface area contributed by atoms with Gasteiger partial charge in [-0.25, -0.2) is 15.0 Å². The molecule has 0 saturated heterocycles. The predicted molar refractivity (Wildman–Crippen MR) is 231 cm³/mol. The van der Waals surface area contributed by atoms with E-state index in [1.165, 1.54) is 38.2 Å². The third kappa shape index (κ3) is 5.85. The van der Waals surface area contributed by atoms with E-state index in [9.17, 15) is 0 Å². The number of rotatable bonds is 6. The van der Waals surface area contributed by atoms with Gasteiger partial charge >= 0.3 is 0 Å². The average molecular weight is 728 g/mol. The van der Waals surface area contributed by atoms with Gasteiger partial charge in [0, 0.05) is 46.6 Å². The first-order valence-electron chi connectivity index (χ1n) is 19.2. The third-order valence-corrected chi connectivity index (χ3v) is 11.0. The lowest BCUT2D eigenvalue weighted by Crippen LogP contribution is -2.01. The summed E-state index contributed by atoms with van der Waals surface area (Å²) in [5.41, 5.74) is 13.9. The zero-order valence-electron chi connectivity index (χ0n) is 30.8. The largest absolute Gasteiger partial charge is 0.256 e. The molecule has 10 aromatic rings. The van der Waals surface area contributed by atoms with Crippen molar-refractivity contribution >= 4 is 21.5 Å². The molecule has 5 heteroatoms. The molecule has 57 heavy (non-hydrogen) atoms. The molecule has 0 N–H and O–H groups in total. The Morgan fingerprint density at radius 2 is 0.982 bits per heavy atom. The van der Waals surface area contributed by atoms with Crippen LogP contribution in [0.3, 0.4) is 0 Å². The van der Waals surface area contributed by atoms with Gasteiger partial charge in [-0.3, -0.25) is 9.97 Å². The summed E-state index contributed by atoms with van der Waals surface area (Å²) >= 11 is 0. The second-order valence-electron chi connectivity index (χ2n) is 14.5. The number of pyridine rings is 2. The fraction of sp³-hybridized carbons (Fsp3) is 0.0192. The van der Waals surface area contributed by atoms with E-state index in [1.807, 2.05) is 67.0 Å². The van der Waals surface area contributed by atoms with Crippen molar-refractivity contribution in [2.24, 2.45) is 0 Å². The van der Waals surface area contributed by atoms with Gasteiger partial charge in [-0.05, 0) is 103 Å². The smallest absolute Gasteiger partial charge is 0.164 e. The van der Waals surface area contributed by atoms with Crippen molar-refractivity contribution in [3.63, 3.8) is 0 Å². The number of hydrogen-bond donors (Lipinski definition) is 0. The molecule has 3 aromatic heterocycles. The summed E-state index contributed by atoms with van der Waals surface area (Å²) in [6.07, 6.45) is 4.59. The quantitative estimate of drug-likeness (QED) is 0.160. The average Bonchev–Trinajstić information content (AvgIpc) is 3.68. The van der Waals surface area contributed by atoms with Crippen molar-refractivity contribution in [1.82, 2.24) is 24.9 Å². The van der Waals surface area contributed by atoms with Crippen LogP contribution in [0.4, 0.5) is 0 Å². The number of nitrogens with zero attached hydrogens (tertiary/aromatic N) is 5. The normalized spacial score (nSPS) is 11.8. The fourth-order valence-corrected chi connectivity index (χ4v) is 8.33. The van der Waals surface area contributed by atoms with E-state index in [0.29, 0.717) is 17.5 Å². The standard InChI is InChI=1S/C52H33N5/c1-2-13-33(14-3-1)50-55-51(37-18-12-17-36(27-37)48-23-10-11-25-53-48)57-52(56-50)40-29-38(42-24-26-54-49-43-20-7-5-16-35(43)32-47(42)49)28-39(30-40)46-31-34-15-4-6-19-41(34)44-21-8-9-22-45(44)46/h1-31H,32H2. The van der Waals surface area contributed by atoms with Crippen molar-refractivity contribution in [3.05, 3.63) is 199 Å². The summed E-state index contributed by atoms with van der Waals surface area (Å²) in [6.45, 7) is 0. The second-order valence-corrected chi connectivity index (χ2v) is 14.5. The van der Waals surface area contributed by atoms with Crippen molar-refractivity contribution in [1.29, 1.82) is 0 Å². The first kappa shape index (κ1) is 32.8. The molecule has 3 heterocycles. The highest BCUT2D eigenvalue weighted by Gasteiger charge is 2.24. The van der Waals surface area contributed by atoms with E-state index in [1.54, 1.807) is 0 Å². The molecule has 0 aliphatic heterocycles. The molecule has 7 aromatic carbocycles. The molecule has 0 fully saturated rings. The number of aromatic nitrogens is 5. The Morgan fingerprint density at radius 3 is 1.82 bits per heavy atom. The molecule has 11 rings (SSSR count). The molecule has 5 nitrogen and oxygen atoms in total. The topological polar surface area (TPSA) is 64.5 Å². The Labute approximate surface area is 330 Å². The van der Waals surface area contributed by atoms with Crippen LogP contribution in [-0.2, 0) is 6.42 Å². The zero-order valence-corrected chi connectivity index (χ0v) is 30.8. The third-order valence-electron chi connectivity index (χ3n) is 11.0. The summed E-state index contributed by atoms with van der Waals surface area (Å²) < 4.78 is 0. The lowest BCUT2D eigenvalue weighted by atomic mass is 9.89. The lowest BCUT2D eigenvalue weighted by Gasteiger charge is -2.16. The van der Waals surface area contributed by atoms with E-state index in [4.69, 9.17) is 19.9 Å². The molecule has 1 aliphatic carbocycles. The van der Waals surface area contributed by atoms with E-state index in [0.717, 1.165) is 62.3 Å². The molecule has 0 amide bonds. The van der Waals surface area contributed by atoms with Crippen molar-refractivity contribution in [3.8, 4) is 78.9 Å². The van der Waals surface area contributed by atoms with Gasteiger partial charge in [-0.1, -0.05) is 127 Å². The zero-order chi connectivity index (χ0) is 37.7. The van der Waals surface area contributed by atoms with Gasteiger partial charge in [0.15, 0.2) is 17.5 Å². The SMILES string of the molecule is c1ccc(-c2nc(-c3cccc(-c4ccccn4)c3)nc(-c3cc(-c4ccnc5c4Cc4ccccc4-5)cc(-c4cc5ccccc5c5ccccc45)c3)n2)cc1. The fourth-order valence-electron chi connectivity index (χ4n) is 8.33. The van der Waals surface area contributed by atoms with Gasteiger partial charge in [0.2, 0.25) is 0 Å². The first-order valence-corrected chi connectivity index (χ1v) is 19.2. The molecule has 0 spiro atoms. The summed E-state index contributed by atoms with van der Waals surface area (Å²) in [6, 6.07) is 61.6. The molecule has 0 radical (unpaired) electrons. The molecule has 0 unspecified atom stereocenters.